The fourth-order valence-corrected chi connectivity index (χ4v) is 3.98. The summed E-state index contributed by atoms with van der Waals surface area (Å²) in [6.45, 7) is 2.94. The average Bonchev–Trinajstić information content (AvgIpc) is 2.87. The van der Waals surface area contributed by atoms with Gasteiger partial charge >= 0.3 is 5.97 Å². The Kier molecular flexibility index (Phi) is 14.2. The van der Waals surface area contributed by atoms with Gasteiger partial charge in [0, 0.05) is 12.1 Å². The Balaban J connectivity index is 1.49. The molecule has 0 unspecified atom stereocenters. The summed E-state index contributed by atoms with van der Waals surface area (Å²) in [5.74, 6) is 0.475. The van der Waals surface area contributed by atoms with E-state index in [0.717, 1.165) is 12.2 Å². The molecule has 0 atom stereocenters. The highest BCUT2D eigenvalue weighted by Gasteiger charge is 2.11. The highest BCUT2D eigenvalue weighted by Crippen LogP contribution is 2.20. The molecule has 0 saturated carbocycles. The summed E-state index contributed by atoms with van der Waals surface area (Å²) in [6.07, 6.45) is 18.6. The number of hydrogen-bond donors (Lipinski definition) is 0. The van der Waals surface area contributed by atoms with Crippen molar-refractivity contribution >= 4 is 11.7 Å². The van der Waals surface area contributed by atoms with Gasteiger partial charge in [0.15, 0.2) is 0 Å². The molecule has 6 nitrogen and oxygen atoms in total. The fourth-order valence-electron chi connectivity index (χ4n) is 3.98. The first-order valence-corrected chi connectivity index (χ1v) is 13.3. The number of non-ortho nitro benzene ring substituents is 1. The van der Waals surface area contributed by atoms with Crippen LogP contribution in [-0.4, -0.2) is 17.5 Å². The minimum absolute atomic E-state index is 0.0508. The highest BCUT2D eigenvalue weighted by atomic mass is 16.6. The van der Waals surface area contributed by atoms with Crippen molar-refractivity contribution in [2.75, 3.05) is 6.61 Å². The second-order valence-electron chi connectivity index (χ2n) is 9.11. The van der Waals surface area contributed by atoms with Gasteiger partial charge in [-0.25, -0.2) is 4.79 Å². The molecule has 192 valence electrons. The van der Waals surface area contributed by atoms with Crippen LogP contribution >= 0.6 is 0 Å². The molecule has 0 aromatic heterocycles. The number of esters is 1. The van der Waals surface area contributed by atoms with E-state index in [1.54, 1.807) is 24.3 Å². The van der Waals surface area contributed by atoms with Crippen molar-refractivity contribution in [1.82, 2.24) is 0 Å². The van der Waals surface area contributed by atoms with Gasteiger partial charge in [-0.2, -0.15) is 0 Å². The SMILES string of the molecule is CCCCCCCCCCCCCCCCOc1ccc(C(=O)Oc2ccc([N+](=O)[O-])cc2)cc1. The number of unbranched alkanes of at least 4 members (excludes halogenated alkanes) is 13. The third-order valence-corrected chi connectivity index (χ3v) is 6.11. The maximum atomic E-state index is 12.3. The van der Waals surface area contributed by atoms with E-state index in [4.69, 9.17) is 9.47 Å². The van der Waals surface area contributed by atoms with Crippen molar-refractivity contribution in [3.8, 4) is 11.5 Å². The van der Waals surface area contributed by atoms with Crippen molar-refractivity contribution in [3.05, 3.63) is 64.2 Å². The molecule has 0 radical (unpaired) electrons. The zero-order valence-corrected chi connectivity index (χ0v) is 21.2. The molecule has 0 spiro atoms. The number of carbonyl (C=O) groups excluding carboxylic acids is 1. The molecule has 0 aliphatic carbocycles. The lowest BCUT2D eigenvalue weighted by Crippen LogP contribution is -2.08. The second kappa shape index (κ2) is 17.5. The van der Waals surface area contributed by atoms with E-state index in [2.05, 4.69) is 6.92 Å². The maximum absolute atomic E-state index is 12.3. The molecule has 6 heteroatoms. The molecule has 0 fully saturated rings. The summed E-state index contributed by atoms with van der Waals surface area (Å²) in [6, 6.07) is 12.3. The van der Waals surface area contributed by atoms with Gasteiger partial charge in [0.1, 0.15) is 11.5 Å². The van der Waals surface area contributed by atoms with Crippen molar-refractivity contribution in [2.24, 2.45) is 0 Å². The normalized spacial score (nSPS) is 10.8. The molecule has 35 heavy (non-hydrogen) atoms. The predicted molar refractivity (Wildman–Crippen MR) is 140 cm³/mol. The van der Waals surface area contributed by atoms with Gasteiger partial charge in [-0.05, 0) is 42.8 Å². The Hall–Kier alpha value is -2.89. The van der Waals surface area contributed by atoms with Gasteiger partial charge in [0.2, 0.25) is 0 Å². The molecule has 0 bridgehead atoms. The Morgan fingerprint density at radius 2 is 1.14 bits per heavy atom. The van der Waals surface area contributed by atoms with Crippen LogP contribution in [0.3, 0.4) is 0 Å². The number of hydrogen-bond acceptors (Lipinski definition) is 5. The largest absolute Gasteiger partial charge is 0.494 e. The van der Waals surface area contributed by atoms with E-state index < -0.39 is 10.9 Å². The summed E-state index contributed by atoms with van der Waals surface area (Å²) < 4.78 is 11.0. The lowest BCUT2D eigenvalue weighted by atomic mass is 10.0. The predicted octanol–water partition coefficient (Wildman–Crippen LogP) is 8.67. The molecular weight excluding hydrogens is 442 g/mol. The maximum Gasteiger partial charge on any atom is 0.343 e. The highest BCUT2D eigenvalue weighted by molar-refractivity contribution is 5.91. The van der Waals surface area contributed by atoms with Gasteiger partial charge in [-0.3, -0.25) is 10.1 Å². The first-order chi connectivity index (χ1) is 17.1. The van der Waals surface area contributed by atoms with E-state index in [0.29, 0.717) is 12.2 Å². The zero-order valence-electron chi connectivity index (χ0n) is 21.2. The van der Waals surface area contributed by atoms with E-state index in [1.165, 1.54) is 108 Å². The minimum Gasteiger partial charge on any atom is -0.494 e. The number of rotatable bonds is 19. The van der Waals surface area contributed by atoms with Crippen LogP contribution in [0.25, 0.3) is 0 Å². The van der Waals surface area contributed by atoms with Gasteiger partial charge in [-0.15, -0.1) is 0 Å². The number of nitrogens with zero attached hydrogens (tertiary/aromatic N) is 1. The smallest absolute Gasteiger partial charge is 0.343 e. The van der Waals surface area contributed by atoms with E-state index in [1.807, 2.05) is 0 Å². The van der Waals surface area contributed by atoms with Crippen molar-refractivity contribution in [1.29, 1.82) is 0 Å². The van der Waals surface area contributed by atoms with Crippen LogP contribution < -0.4 is 9.47 Å². The number of ether oxygens (including phenoxy) is 2. The van der Waals surface area contributed by atoms with Crippen molar-refractivity contribution < 1.29 is 19.2 Å². The standard InChI is InChI=1S/C29H41NO5/c1-2-3-4-5-6-7-8-9-10-11-12-13-14-15-24-34-27-20-16-25(17-21-27)29(31)35-28-22-18-26(19-23-28)30(32)33/h16-23H,2-15,24H2,1H3. The van der Waals surface area contributed by atoms with Crippen LogP contribution in [0.5, 0.6) is 11.5 Å². The molecule has 0 N–H and O–H groups in total. The Labute approximate surface area is 210 Å². The van der Waals surface area contributed by atoms with E-state index >= 15 is 0 Å². The van der Waals surface area contributed by atoms with Crippen molar-refractivity contribution in [3.63, 3.8) is 0 Å². The van der Waals surface area contributed by atoms with Crippen LogP contribution in [0.2, 0.25) is 0 Å². The number of benzene rings is 2. The molecule has 0 amide bonds. The van der Waals surface area contributed by atoms with Crippen LogP contribution in [0.15, 0.2) is 48.5 Å². The minimum atomic E-state index is -0.516. The Bertz CT molecular complexity index is 848. The molecule has 2 aromatic carbocycles. The summed E-state index contributed by atoms with van der Waals surface area (Å²) in [5.41, 5.74) is 0.345. The summed E-state index contributed by atoms with van der Waals surface area (Å²) in [7, 11) is 0. The molecule has 0 aliphatic rings. The second-order valence-corrected chi connectivity index (χ2v) is 9.11. The topological polar surface area (TPSA) is 78.7 Å². The average molecular weight is 484 g/mol. The Morgan fingerprint density at radius 3 is 1.63 bits per heavy atom. The van der Waals surface area contributed by atoms with Crippen molar-refractivity contribution in [2.45, 2.75) is 96.8 Å². The van der Waals surface area contributed by atoms with E-state index in [-0.39, 0.29) is 11.4 Å². The third-order valence-electron chi connectivity index (χ3n) is 6.11. The molecule has 0 aliphatic heterocycles. The number of nitro groups is 1. The molecule has 0 saturated heterocycles. The van der Waals surface area contributed by atoms with Gasteiger partial charge < -0.3 is 9.47 Å². The Morgan fingerprint density at radius 1 is 0.686 bits per heavy atom. The third kappa shape index (κ3) is 12.4. The first-order valence-electron chi connectivity index (χ1n) is 13.3. The monoisotopic (exact) mass is 483 g/mol. The lowest BCUT2D eigenvalue weighted by molar-refractivity contribution is -0.384. The van der Waals surface area contributed by atoms with Gasteiger partial charge in [0.25, 0.3) is 5.69 Å². The number of carbonyl (C=O) groups is 1. The van der Waals surface area contributed by atoms with Gasteiger partial charge in [0.05, 0.1) is 17.1 Å². The quantitative estimate of drug-likeness (QED) is 0.0656. The molecule has 2 aromatic rings. The molecule has 0 heterocycles. The number of nitro benzene ring substituents is 1. The zero-order chi connectivity index (χ0) is 25.1. The summed E-state index contributed by atoms with van der Waals surface area (Å²) in [5, 5.41) is 10.7. The van der Waals surface area contributed by atoms with Crippen LogP contribution in [0.4, 0.5) is 5.69 Å². The van der Waals surface area contributed by atoms with Crippen LogP contribution in [0, 0.1) is 10.1 Å². The summed E-state index contributed by atoms with van der Waals surface area (Å²) >= 11 is 0. The van der Waals surface area contributed by atoms with Gasteiger partial charge in [-0.1, -0.05) is 90.4 Å². The first kappa shape index (κ1) is 28.3. The van der Waals surface area contributed by atoms with Crippen LogP contribution in [-0.2, 0) is 0 Å². The molecular formula is C29H41NO5. The fraction of sp³-hybridized carbons (Fsp3) is 0.552. The summed E-state index contributed by atoms with van der Waals surface area (Å²) in [4.78, 5) is 22.5. The lowest BCUT2D eigenvalue weighted by Gasteiger charge is -2.08. The van der Waals surface area contributed by atoms with E-state index in [9.17, 15) is 14.9 Å². The molecule has 2 rings (SSSR count). The van der Waals surface area contributed by atoms with Crippen LogP contribution in [0.1, 0.15) is 107 Å².